The van der Waals surface area contributed by atoms with Gasteiger partial charge in [-0.15, -0.1) is 10.2 Å². The largest absolute Gasteiger partial charge is 0.425 e. The number of nitrogens with zero attached hydrogens (tertiary/aromatic N) is 6. The van der Waals surface area contributed by atoms with Crippen molar-refractivity contribution in [3.05, 3.63) is 45.1 Å². The number of halogens is 1. The van der Waals surface area contributed by atoms with Crippen LogP contribution in [0.3, 0.4) is 0 Å². The monoisotopic (exact) mass is 406 g/mol. The first-order chi connectivity index (χ1) is 11.8. The molecule has 0 radical (unpaired) electrons. The molecule has 0 aliphatic rings. The van der Waals surface area contributed by atoms with Crippen molar-refractivity contribution in [3.63, 3.8) is 0 Å². The first-order valence-electron chi connectivity index (χ1n) is 8.38. The molecular formula is C17H23BrN6O. The van der Waals surface area contributed by atoms with E-state index in [9.17, 15) is 0 Å². The second-order valence-electron chi connectivity index (χ2n) is 6.50. The van der Waals surface area contributed by atoms with Gasteiger partial charge in [0.15, 0.2) is 0 Å². The SMILES string of the molecule is Cc1cc(C)n(CCc2nnc(C(C)Cn3nc(C)c(Br)c3C)o2)n1. The molecule has 0 fully saturated rings. The number of aryl methyl sites for hydroxylation is 5. The lowest BCUT2D eigenvalue weighted by Crippen LogP contribution is -2.09. The highest BCUT2D eigenvalue weighted by molar-refractivity contribution is 9.10. The van der Waals surface area contributed by atoms with E-state index in [-0.39, 0.29) is 5.92 Å². The topological polar surface area (TPSA) is 74.6 Å². The first-order valence-corrected chi connectivity index (χ1v) is 9.17. The molecule has 1 atom stereocenters. The molecule has 0 aliphatic heterocycles. The molecule has 0 saturated carbocycles. The summed E-state index contributed by atoms with van der Waals surface area (Å²) in [6.07, 6.45) is 0.674. The Morgan fingerprint density at radius 3 is 2.48 bits per heavy atom. The summed E-state index contributed by atoms with van der Waals surface area (Å²) in [6, 6.07) is 2.06. The van der Waals surface area contributed by atoms with E-state index >= 15 is 0 Å². The Labute approximate surface area is 155 Å². The van der Waals surface area contributed by atoms with Crippen LogP contribution in [0.2, 0.25) is 0 Å². The van der Waals surface area contributed by atoms with Crippen LogP contribution < -0.4 is 0 Å². The molecule has 0 bridgehead atoms. The van der Waals surface area contributed by atoms with Crippen LogP contribution in [0.4, 0.5) is 0 Å². The Balaban J connectivity index is 1.64. The van der Waals surface area contributed by atoms with Crippen LogP contribution in [-0.2, 0) is 19.5 Å². The smallest absolute Gasteiger partial charge is 0.221 e. The standard InChI is InChI=1S/C17H23BrN6O/c1-10(9-24-14(5)16(18)13(4)22-24)17-20-19-15(25-17)6-7-23-12(3)8-11(2)21-23/h8,10H,6-7,9H2,1-5H3. The maximum absolute atomic E-state index is 5.85. The summed E-state index contributed by atoms with van der Waals surface area (Å²) in [4.78, 5) is 0. The molecule has 3 heterocycles. The minimum atomic E-state index is 0.0971. The van der Waals surface area contributed by atoms with Crippen molar-refractivity contribution >= 4 is 15.9 Å². The second-order valence-corrected chi connectivity index (χ2v) is 7.30. The lowest BCUT2D eigenvalue weighted by Gasteiger charge is -2.09. The Hall–Kier alpha value is -1.96. The van der Waals surface area contributed by atoms with E-state index in [1.54, 1.807) is 0 Å². The summed E-state index contributed by atoms with van der Waals surface area (Å²) in [5.74, 6) is 1.39. The van der Waals surface area contributed by atoms with Crippen molar-refractivity contribution in [1.29, 1.82) is 0 Å². The molecule has 0 aliphatic carbocycles. The summed E-state index contributed by atoms with van der Waals surface area (Å²) < 4.78 is 10.8. The van der Waals surface area contributed by atoms with Crippen LogP contribution in [0.1, 0.15) is 47.4 Å². The Kier molecular flexibility index (Phi) is 5.08. The van der Waals surface area contributed by atoms with Gasteiger partial charge in [-0.25, -0.2) is 0 Å². The minimum Gasteiger partial charge on any atom is -0.425 e. The van der Waals surface area contributed by atoms with Crippen molar-refractivity contribution in [2.45, 2.75) is 60.0 Å². The number of hydrogen-bond donors (Lipinski definition) is 0. The van der Waals surface area contributed by atoms with Crippen LogP contribution in [0.5, 0.6) is 0 Å². The zero-order chi connectivity index (χ0) is 18.1. The fourth-order valence-electron chi connectivity index (χ4n) is 2.86. The van der Waals surface area contributed by atoms with Crippen molar-refractivity contribution in [3.8, 4) is 0 Å². The molecule has 134 valence electrons. The van der Waals surface area contributed by atoms with Crippen molar-refractivity contribution in [2.24, 2.45) is 0 Å². The summed E-state index contributed by atoms with van der Waals surface area (Å²) in [7, 11) is 0. The molecule has 0 saturated heterocycles. The quantitative estimate of drug-likeness (QED) is 0.625. The lowest BCUT2D eigenvalue weighted by atomic mass is 10.2. The van der Waals surface area contributed by atoms with E-state index in [4.69, 9.17) is 4.42 Å². The Morgan fingerprint density at radius 2 is 1.88 bits per heavy atom. The average molecular weight is 407 g/mol. The van der Waals surface area contributed by atoms with Gasteiger partial charge in [-0.05, 0) is 49.7 Å². The number of aromatic nitrogens is 6. The van der Waals surface area contributed by atoms with Crippen LogP contribution in [0.15, 0.2) is 15.0 Å². The van der Waals surface area contributed by atoms with Gasteiger partial charge in [0, 0.05) is 24.4 Å². The number of rotatable bonds is 6. The Bertz CT molecular complexity index is 878. The molecule has 7 nitrogen and oxygen atoms in total. The van der Waals surface area contributed by atoms with Crippen molar-refractivity contribution in [1.82, 2.24) is 29.8 Å². The maximum Gasteiger partial charge on any atom is 0.221 e. The maximum atomic E-state index is 5.85. The molecular weight excluding hydrogens is 384 g/mol. The predicted molar refractivity (Wildman–Crippen MR) is 97.5 cm³/mol. The molecule has 0 N–H and O–H groups in total. The minimum absolute atomic E-state index is 0.0971. The molecule has 0 aromatic carbocycles. The third-order valence-electron chi connectivity index (χ3n) is 4.28. The van der Waals surface area contributed by atoms with Gasteiger partial charge in [0.05, 0.1) is 28.3 Å². The molecule has 3 aromatic rings. The van der Waals surface area contributed by atoms with E-state index in [1.807, 2.05) is 37.1 Å². The third kappa shape index (κ3) is 3.84. The normalized spacial score (nSPS) is 12.7. The average Bonchev–Trinajstić information content (AvgIpc) is 3.22. The molecule has 0 amide bonds. The summed E-state index contributed by atoms with van der Waals surface area (Å²) in [5.41, 5.74) is 4.25. The molecule has 3 rings (SSSR count). The molecule has 3 aromatic heterocycles. The van der Waals surface area contributed by atoms with E-state index < -0.39 is 0 Å². The van der Waals surface area contributed by atoms with Crippen LogP contribution >= 0.6 is 15.9 Å². The van der Waals surface area contributed by atoms with Crippen LogP contribution in [0.25, 0.3) is 0 Å². The highest BCUT2D eigenvalue weighted by atomic mass is 79.9. The second kappa shape index (κ2) is 7.11. The summed E-state index contributed by atoms with van der Waals surface area (Å²) >= 11 is 3.56. The van der Waals surface area contributed by atoms with Gasteiger partial charge in [0.1, 0.15) is 0 Å². The molecule has 1 unspecified atom stereocenters. The first kappa shape index (κ1) is 17.8. The fourth-order valence-corrected chi connectivity index (χ4v) is 3.14. The van der Waals surface area contributed by atoms with Gasteiger partial charge < -0.3 is 4.42 Å². The molecule has 25 heavy (non-hydrogen) atoms. The molecule has 8 heteroatoms. The zero-order valence-corrected chi connectivity index (χ0v) is 16.8. The van der Waals surface area contributed by atoms with Gasteiger partial charge in [0.25, 0.3) is 0 Å². The van der Waals surface area contributed by atoms with Gasteiger partial charge in [-0.1, -0.05) is 6.92 Å². The van der Waals surface area contributed by atoms with Gasteiger partial charge >= 0.3 is 0 Å². The third-order valence-corrected chi connectivity index (χ3v) is 5.43. The zero-order valence-electron chi connectivity index (χ0n) is 15.2. The van der Waals surface area contributed by atoms with Gasteiger partial charge in [-0.3, -0.25) is 9.36 Å². The van der Waals surface area contributed by atoms with E-state index in [0.29, 0.717) is 24.7 Å². The highest BCUT2D eigenvalue weighted by Gasteiger charge is 2.18. The summed E-state index contributed by atoms with van der Waals surface area (Å²) in [6.45, 7) is 11.6. The van der Waals surface area contributed by atoms with Crippen LogP contribution in [-0.4, -0.2) is 29.8 Å². The van der Waals surface area contributed by atoms with Gasteiger partial charge in [-0.2, -0.15) is 10.2 Å². The van der Waals surface area contributed by atoms with Gasteiger partial charge in [0.2, 0.25) is 11.8 Å². The van der Waals surface area contributed by atoms with E-state index in [1.165, 1.54) is 0 Å². The predicted octanol–water partition coefficient (Wildman–Crippen LogP) is 3.51. The number of hydrogen-bond acceptors (Lipinski definition) is 5. The van der Waals surface area contributed by atoms with Crippen molar-refractivity contribution < 1.29 is 4.42 Å². The fraction of sp³-hybridized carbons (Fsp3) is 0.529. The summed E-state index contributed by atoms with van der Waals surface area (Å²) in [5, 5.41) is 17.4. The van der Waals surface area contributed by atoms with Crippen LogP contribution in [0, 0.1) is 27.7 Å². The highest BCUT2D eigenvalue weighted by Crippen LogP contribution is 2.23. The van der Waals surface area contributed by atoms with E-state index in [2.05, 4.69) is 49.3 Å². The molecule has 0 spiro atoms. The Morgan fingerprint density at radius 1 is 1.12 bits per heavy atom. The van der Waals surface area contributed by atoms with Crippen molar-refractivity contribution in [2.75, 3.05) is 0 Å². The van der Waals surface area contributed by atoms with E-state index in [0.717, 1.165) is 33.8 Å². The lowest BCUT2D eigenvalue weighted by molar-refractivity contribution is 0.385.